The molecule has 3 aromatic rings. The van der Waals surface area contributed by atoms with Gasteiger partial charge in [-0.05, 0) is 44.5 Å². The van der Waals surface area contributed by atoms with Crippen LogP contribution in [-0.2, 0) is 18.6 Å². The molecule has 3 N–H and O–H groups in total. The third kappa shape index (κ3) is 6.40. The lowest BCUT2D eigenvalue weighted by molar-refractivity contribution is -0.144. The van der Waals surface area contributed by atoms with Crippen molar-refractivity contribution in [2.45, 2.75) is 32.4 Å². The van der Waals surface area contributed by atoms with E-state index in [0.717, 1.165) is 0 Å². The number of aromatic nitrogens is 4. The number of nitrogens with two attached hydrogens (primary N) is 1. The number of carbonyl (C=O) groups is 1. The number of hydrogen-bond donors (Lipinski definition) is 2. The van der Waals surface area contributed by atoms with Crippen LogP contribution in [0, 0.1) is 5.92 Å². The van der Waals surface area contributed by atoms with Crippen molar-refractivity contribution in [1.29, 1.82) is 0 Å². The largest absolute Gasteiger partial charge is 0.479 e. The molecule has 0 bridgehead atoms. The Balaban J connectivity index is 1.46. The predicted octanol–water partition coefficient (Wildman–Crippen LogP) is 3.93. The average molecular weight is 551 g/mol. The van der Waals surface area contributed by atoms with Crippen molar-refractivity contribution in [3.8, 4) is 11.6 Å². The molecule has 0 radical (unpaired) electrons. The van der Waals surface area contributed by atoms with Gasteiger partial charge in [0.15, 0.2) is 11.2 Å². The van der Waals surface area contributed by atoms with Gasteiger partial charge in [-0.1, -0.05) is 23.8 Å². The number of fused-ring (bicyclic) bond motifs is 1. The van der Waals surface area contributed by atoms with Crippen molar-refractivity contribution in [2.24, 2.45) is 5.92 Å². The number of anilines is 1. The van der Waals surface area contributed by atoms with Gasteiger partial charge in [0.05, 0.1) is 32.7 Å². The number of allylic oxidation sites excluding steroid dienone is 1. The third-order valence-electron chi connectivity index (χ3n) is 5.60. The summed E-state index contributed by atoms with van der Waals surface area (Å²) in [6.45, 7) is 3.46. The van der Waals surface area contributed by atoms with E-state index in [1.807, 2.05) is 16.7 Å². The minimum atomic E-state index is -3.98. The summed E-state index contributed by atoms with van der Waals surface area (Å²) in [5.74, 6) is -0.0339. The van der Waals surface area contributed by atoms with Crippen LogP contribution < -0.4 is 20.1 Å². The summed E-state index contributed by atoms with van der Waals surface area (Å²) >= 11 is 5.94. The first kappa shape index (κ1) is 26.9. The number of rotatable bonds is 11. The van der Waals surface area contributed by atoms with E-state index >= 15 is 0 Å². The van der Waals surface area contributed by atoms with E-state index in [9.17, 15) is 9.36 Å². The second-order valence-electron chi connectivity index (χ2n) is 8.30. The number of nitrogens with zero attached hydrogens (tertiary/aromatic N) is 4. The number of nitrogen functional groups attached to an aromatic ring is 1. The number of esters is 1. The van der Waals surface area contributed by atoms with Crippen molar-refractivity contribution < 1.29 is 27.9 Å². The summed E-state index contributed by atoms with van der Waals surface area (Å²) in [5, 5.41) is 3.16. The molecule has 12 nitrogen and oxygen atoms in total. The zero-order chi connectivity index (χ0) is 26.6. The molecule has 0 saturated carbocycles. The topological polar surface area (TPSA) is 153 Å². The highest BCUT2D eigenvalue weighted by molar-refractivity contribution is 7.52. The quantitative estimate of drug-likeness (QED) is 0.203. The summed E-state index contributed by atoms with van der Waals surface area (Å²) in [5.41, 5.74) is 6.87. The lowest BCUT2D eigenvalue weighted by atomic mass is 10.1. The van der Waals surface area contributed by atoms with E-state index < -0.39 is 19.8 Å². The smallest absolute Gasteiger partial charge is 0.459 e. The molecule has 1 aromatic carbocycles. The highest BCUT2D eigenvalue weighted by atomic mass is 35.5. The van der Waals surface area contributed by atoms with Crippen LogP contribution in [0.5, 0.6) is 11.6 Å². The van der Waals surface area contributed by atoms with Gasteiger partial charge in [-0.2, -0.15) is 15.1 Å². The van der Waals surface area contributed by atoms with E-state index in [1.165, 1.54) is 14.0 Å². The van der Waals surface area contributed by atoms with Crippen LogP contribution in [0.4, 0.5) is 5.95 Å². The molecule has 0 aliphatic heterocycles. The molecular formula is C23H28ClN6O6P. The van der Waals surface area contributed by atoms with E-state index in [-0.39, 0.29) is 36.9 Å². The Labute approximate surface area is 218 Å². The molecular weight excluding hydrogens is 523 g/mol. The van der Waals surface area contributed by atoms with Crippen molar-refractivity contribution in [3.05, 3.63) is 47.8 Å². The van der Waals surface area contributed by atoms with E-state index in [2.05, 4.69) is 20.0 Å². The average Bonchev–Trinajstić information content (AvgIpc) is 3.51. The predicted molar refractivity (Wildman–Crippen MR) is 137 cm³/mol. The molecule has 198 valence electrons. The summed E-state index contributed by atoms with van der Waals surface area (Å²) in [6, 6.07) is 5.30. The molecule has 37 heavy (non-hydrogen) atoms. The van der Waals surface area contributed by atoms with Crippen LogP contribution in [0.25, 0.3) is 11.2 Å². The fraction of sp³-hybridized carbons (Fsp3) is 0.391. The monoisotopic (exact) mass is 550 g/mol. The molecule has 1 aliphatic rings. The van der Waals surface area contributed by atoms with Gasteiger partial charge in [0.1, 0.15) is 11.8 Å². The number of benzene rings is 1. The Morgan fingerprint density at radius 3 is 2.76 bits per heavy atom. The fourth-order valence-corrected chi connectivity index (χ4v) is 5.52. The second kappa shape index (κ2) is 11.5. The molecule has 0 spiro atoms. The first-order valence-electron chi connectivity index (χ1n) is 11.6. The first-order chi connectivity index (χ1) is 17.7. The molecule has 1 aliphatic carbocycles. The van der Waals surface area contributed by atoms with Crippen LogP contribution in [0.15, 0.2) is 42.7 Å². The SMILES string of the molecule is CCOC(=O)[C@H](C)NP(=O)(OC[C@@H]1C=C[C@H](n2cnc3c(OC)nc(N)nc32)C1)Oc1ccc(Cl)cc1. The number of methoxy groups -OCH3 is 1. The minimum absolute atomic E-state index is 0.0630. The second-order valence-corrected chi connectivity index (χ2v) is 10.4. The van der Waals surface area contributed by atoms with Gasteiger partial charge in [0.25, 0.3) is 0 Å². The molecule has 0 saturated heterocycles. The highest BCUT2D eigenvalue weighted by Crippen LogP contribution is 2.46. The number of imidazole rings is 1. The zero-order valence-electron chi connectivity index (χ0n) is 20.5. The summed E-state index contributed by atoms with van der Waals surface area (Å²) in [6.07, 6.45) is 6.21. The molecule has 2 aromatic heterocycles. The molecule has 14 heteroatoms. The van der Waals surface area contributed by atoms with Crippen LogP contribution in [-0.4, -0.2) is 51.9 Å². The van der Waals surface area contributed by atoms with E-state index in [4.69, 9.17) is 35.9 Å². The van der Waals surface area contributed by atoms with Gasteiger partial charge in [0, 0.05) is 10.9 Å². The molecule has 4 atom stereocenters. The van der Waals surface area contributed by atoms with Crippen LogP contribution in [0.1, 0.15) is 26.3 Å². The van der Waals surface area contributed by atoms with Crippen molar-refractivity contribution in [2.75, 3.05) is 26.1 Å². The Bertz CT molecular complexity index is 1330. The van der Waals surface area contributed by atoms with Gasteiger partial charge in [-0.15, -0.1) is 0 Å². The Hall–Kier alpha value is -3.18. The van der Waals surface area contributed by atoms with Crippen molar-refractivity contribution in [3.63, 3.8) is 0 Å². The number of nitrogens with one attached hydrogen (secondary N) is 1. The van der Waals surface area contributed by atoms with E-state index in [0.29, 0.717) is 28.5 Å². The number of hydrogen-bond acceptors (Lipinski definition) is 10. The lowest BCUT2D eigenvalue weighted by Crippen LogP contribution is -2.35. The lowest BCUT2D eigenvalue weighted by Gasteiger charge is -2.24. The Morgan fingerprint density at radius 2 is 2.05 bits per heavy atom. The molecule has 4 rings (SSSR count). The van der Waals surface area contributed by atoms with Gasteiger partial charge in [-0.25, -0.2) is 9.55 Å². The maximum atomic E-state index is 13.7. The van der Waals surface area contributed by atoms with Crippen LogP contribution in [0.3, 0.4) is 0 Å². The van der Waals surface area contributed by atoms with Crippen LogP contribution in [0.2, 0.25) is 5.02 Å². The molecule has 2 heterocycles. The number of halogens is 1. The first-order valence-corrected chi connectivity index (χ1v) is 13.5. The molecule has 1 unspecified atom stereocenters. The maximum absolute atomic E-state index is 13.7. The maximum Gasteiger partial charge on any atom is 0.459 e. The van der Waals surface area contributed by atoms with Crippen molar-refractivity contribution >= 4 is 42.4 Å². The summed E-state index contributed by atoms with van der Waals surface area (Å²) < 4.78 is 37.3. The zero-order valence-corrected chi connectivity index (χ0v) is 22.2. The van der Waals surface area contributed by atoms with E-state index in [1.54, 1.807) is 37.5 Å². The van der Waals surface area contributed by atoms with Gasteiger partial charge < -0.3 is 24.3 Å². The standard InChI is InChI=1S/C23H28ClN6O6P/c1-4-34-22(31)14(2)29-37(32,36-18-9-6-16(24)7-10-18)35-12-15-5-8-17(11-15)30-13-26-19-20(30)27-23(25)28-21(19)33-3/h5-10,13-15,17H,4,11-12H2,1-3H3,(H,29,32)(H2,25,27,28)/t14-,15+,17-,37?/m0/s1. The van der Waals surface area contributed by atoms with Gasteiger partial charge in [-0.3, -0.25) is 9.32 Å². The minimum Gasteiger partial charge on any atom is -0.479 e. The fourth-order valence-electron chi connectivity index (χ4n) is 3.85. The molecule has 0 fully saturated rings. The number of ether oxygens (including phenoxy) is 2. The Morgan fingerprint density at radius 1 is 1.30 bits per heavy atom. The van der Waals surface area contributed by atoms with Crippen molar-refractivity contribution in [1.82, 2.24) is 24.6 Å². The Kier molecular flexibility index (Phi) is 8.33. The third-order valence-corrected chi connectivity index (χ3v) is 7.49. The van der Waals surface area contributed by atoms with Gasteiger partial charge in [0.2, 0.25) is 11.8 Å². The van der Waals surface area contributed by atoms with Gasteiger partial charge >= 0.3 is 13.7 Å². The van der Waals surface area contributed by atoms with Crippen LogP contribution >= 0.6 is 19.3 Å². The highest BCUT2D eigenvalue weighted by Gasteiger charge is 2.34. The molecule has 0 amide bonds. The number of carbonyl (C=O) groups excluding carboxylic acids is 1. The summed E-state index contributed by atoms with van der Waals surface area (Å²) in [4.78, 5) is 24.9. The summed E-state index contributed by atoms with van der Waals surface area (Å²) in [7, 11) is -2.49. The normalized spacial score (nSPS) is 19.5.